The molecule has 6 heteroatoms. The first-order valence-corrected chi connectivity index (χ1v) is 6.23. The van der Waals surface area contributed by atoms with Gasteiger partial charge < -0.3 is 5.32 Å². The van der Waals surface area contributed by atoms with Gasteiger partial charge in [-0.15, -0.1) is 0 Å². The molecule has 1 heterocycles. The van der Waals surface area contributed by atoms with E-state index in [1.165, 1.54) is 0 Å². The number of nitrogens with zero attached hydrogens (tertiary/aromatic N) is 2. The van der Waals surface area contributed by atoms with E-state index < -0.39 is 0 Å². The molecule has 5 nitrogen and oxygen atoms in total. The number of hydrogen-bond donors (Lipinski definition) is 3. The van der Waals surface area contributed by atoms with Crippen molar-refractivity contribution in [2.75, 3.05) is 10.7 Å². The number of benzene rings is 1. The summed E-state index contributed by atoms with van der Waals surface area (Å²) in [5.41, 5.74) is 5.49. The molecule has 0 unspecified atom stereocenters. The molecule has 4 N–H and O–H groups in total. The molecule has 2 rings (SSSR count). The van der Waals surface area contributed by atoms with E-state index in [1.807, 2.05) is 32.0 Å². The van der Waals surface area contributed by atoms with Crippen LogP contribution in [-0.4, -0.2) is 9.97 Å². The number of rotatable bonds is 3. The molecule has 0 aliphatic rings. The molecule has 2 aromatic rings. The molecule has 0 amide bonds. The third kappa shape index (κ3) is 2.60. The van der Waals surface area contributed by atoms with E-state index >= 15 is 0 Å². The number of hydrogen-bond acceptors (Lipinski definition) is 5. The summed E-state index contributed by atoms with van der Waals surface area (Å²) in [6.45, 7) is 3.97. The van der Waals surface area contributed by atoms with Gasteiger partial charge in [-0.2, -0.15) is 4.98 Å². The second-order valence-electron chi connectivity index (χ2n) is 3.93. The van der Waals surface area contributed by atoms with Gasteiger partial charge in [-0.1, -0.05) is 12.1 Å². The topological polar surface area (TPSA) is 75.9 Å². The second kappa shape index (κ2) is 5.32. The van der Waals surface area contributed by atoms with E-state index in [4.69, 9.17) is 5.84 Å². The largest absolute Gasteiger partial charge is 0.339 e. The maximum atomic E-state index is 5.30. The van der Waals surface area contributed by atoms with Crippen LogP contribution in [0.2, 0.25) is 0 Å². The third-order valence-electron chi connectivity index (χ3n) is 2.55. The maximum absolute atomic E-state index is 5.30. The lowest BCUT2D eigenvalue weighted by Gasteiger charge is -2.12. The Kier molecular flexibility index (Phi) is 3.78. The summed E-state index contributed by atoms with van der Waals surface area (Å²) in [5.74, 6) is 6.41. The number of aryl methyl sites for hydroxylation is 2. The Hall–Kier alpha value is -1.66. The van der Waals surface area contributed by atoms with Crippen LogP contribution >= 0.6 is 15.9 Å². The number of halogens is 1. The Bertz CT molecular complexity index is 570. The van der Waals surface area contributed by atoms with E-state index in [0.29, 0.717) is 5.95 Å². The summed E-state index contributed by atoms with van der Waals surface area (Å²) in [7, 11) is 0. The minimum absolute atomic E-state index is 0.381. The van der Waals surface area contributed by atoms with Crippen LogP contribution in [-0.2, 0) is 0 Å². The number of nitrogens with two attached hydrogens (primary N) is 1. The van der Waals surface area contributed by atoms with Crippen LogP contribution in [0.4, 0.5) is 17.5 Å². The van der Waals surface area contributed by atoms with E-state index in [0.717, 1.165) is 27.1 Å². The molecule has 0 radical (unpaired) electrons. The van der Waals surface area contributed by atoms with Crippen molar-refractivity contribution in [2.24, 2.45) is 5.84 Å². The summed E-state index contributed by atoms with van der Waals surface area (Å²) in [4.78, 5) is 8.32. The number of nitrogens with one attached hydrogen (secondary N) is 2. The van der Waals surface area contributed by atoms with Crippen LogP contribution in [0.25, 0.3) is 0 Å². The Morgan fingerprint density at radius 3 is 2.72 bits per heavy atom. The van der Waals surface area contributed by atoms with Gasteiger partial charge in [-0.3, -0.25) is 5.43 Å². The lowest BCUT2D eigenvalue weighted by atomic mass is 10.2. The first-order valence-electron chi connectivity index (χ1n) is 5.44. The van der Waals surface area contributed by atoms with Gasteiger partial charge in [0.1, 0.15) is 5.82 Å². The minimum Gasteiger partial charge on any atom is -0.339 e. The highest BCUT2D eigenvalue weighted by atomic mass is 79.9. The van der Waals surface area contributed by atoms with Crippen LogP contribution in [0, 0.1) is 13.8 Å². The molecule has 1 aromatic carbocycles. The highest BCUT2D eigenvalue weighted by Crippen LogP contribution is 2.29. The molecular formula is C12H14BrN5. The normalized spacial score (nSPS) is 10.2. The first kappa shape index (κ1) is 12.8. The smallest absolute Gasteiger partial charge is 0.239 e. The molecule has 0 fully saturated rings. The predicted octanol–water partition coefficient (Wildman–Crippen LogP) is 2.89. The lowest BCUT2D eigenvalue weighted by molar-refractivity contribution is 1.09. The molecule has 0 saturated heterocycles. The van der Waals surface area contributed by atoms with E-state index in [-0.39, 0.29) is 0 Å². The fourth-order valence-electron chi connectivity index (χ4n) is 1.51. The molecule has 0 bridgehead atoms. The fourth-order valence-corrected chi connectivity index (χ4v) is 1.87. The molecular weight excluding hydrogens is 294 g/mol. The van der Waals surface area contributed by atoms with Gasteiger partial charge >= 0.3 is 0 Å². The highest BCUT2D eigenvalue weighted by Gasteiger charge is 2.07. The average Bonchev–Trinajstić information content (AvgIpc) is 2.37. The molecule has 18 heavy (non-hydrogen) atoms. The van der Waals surface area contributed by atoms with Crippen molar-refractivity contribution < 1.29 is 0 Å². The molecule has 0 atom stereocenters. The van der Waals surface area contributed by atoms with Crippen molar-refractivity contribution in [3.8, 4) is 0 Å². The number of aromatic nitrogens is 2. The number of anilines is 3. The van der Waals surface area contributed by atoms with Gasteiger partial charge in [0, 0.05) is 16.2 Å². The van der Waals surface area contributed by atoms with Crippen molar-refractivity contribution in [3.63, 3.8) is 0 Å². The zero-order valence-electron chi connectivity index (χ0n) is 10.2. The molecule has 0 aliphatic heterocycles. The van der Waals surface area contributed by atoms with E-state index in [2.05, 4.69) is 36.6 Å². The van der Waals surface area contributed by atoms with Gasteiger partial charge in [0.2, 0.25) is 5.95 Å². The molecule has 94 valence electrons. The van der Waals surface area contributed by atoms with E-state index in [1.54, 1.807) is 6.20 Å². The Morgan fingerprint density at radius 1 is 1.22 bits per heavy atom. The van der Waals surface area contributed by atoms with Crippen LogP contribution in [0.15, 0.2) is 28.9 Å². The predicted molar refractivity (Wildman–Crippen MR) is 76.7 cm³/mol. The number of hydrazine groups is 1. The van der Waals surface area contributed by atoms with Crippen molar-refractivity contribution in [3.05, 3.63) is 40.0 Å². The Morgan fingerprint density at radius 2 is 2.00 bits per heavy atom. The van der Waals surface area contributed by atoms with Gasteiger partial charge in [0.15, 0.2) is 0 Å². The zero-order valence-corrected chi connectivity index (χ0v) is 11.7. The standard InChI is InChI=1S/C12H14BrN5/c1-7-4-3-5-9(10(7)13)16-11-8(2)6-15-12(17-11)18-14/h3-6H,14H2,1-2H3,(H2,15,16,17,18). The molecule has 1 aromatic heterocycles. The van der Waals surface area contributed by atoms with Crippen LogP contribution in [0.3, 0.4) is 0 Å². The molecule has 0 saturated carbocycles. The number of nitrogen functional groups attached to an aromatic ring is 1. The quantitative estimate of drug-likeness (QED) is 0.600. The molecule has 0 spiro atoms. The highest BCUT2D eigenvalue weighted by molar-refractivity contribution is 9.10. The van der Waals surface area contributed by atoms with Crippen LogP contribution in [0.1, 0.15) is 11.1 Å². The fraction of sp³-hybridized carbons (Fsp3) is 0.167. The van der Waals surface area contributed by atoms with Gasteiger partial charge in [0.25, 0.3) is 0 Å². The Balaban J connectivity index is 2.36. The van der Waals surface area contributed by atoms with Gasteiger partial charge in [-0.25, -0.2) is 10.8 Å². The van der Waals surface area contributed by atoms with E-state index in [9.17, 15) is 0 Å². The van der Waals surface area contributed by atoms with Crippen molar-refractivity contribution in [2.45, 2.75) is 13.8 Å². The second-order valence-corrected chi connectivity index (χ2v) is 4.72. The van der Waals surface area contributed by atoms with Crippen molar-refractivity contribution in [1.82, 2.24) is 9.97 Å². The van der Waals surface area contributed by atoms with Gasteiger partial charge in [0.05, 0.1) is 5.69 Å². The minimum atomic E-state index is 0.381. The summed E-state index contributed by atoms with van der Waals surface area (Å²) in [6.07, 6.45) is 1.72. The lowest BCUT2D eigenvalue weighted by Crippen LogP contribution is -2.11. The van der Waals surface area contributed by atoms with Crippen LogP contribution in [0.5, 0.6) is 0 Å². The zero-order chi connectivity index (χ0) is 13.1. The van der Waals surface area contributed by atoms with Crippen molar-refractivity contribution in [1.29, 1.82) is 0 Å². The monoisotopic (exact) mass is 307 g/mol. The summed E-state index contributed by atoms with van der Waals surface area (Å²) in [6, 6.07) is 6.00. The Labute approximate surface area is 114 Å². The SMILES string of the molecule is Cc1cnc(NN)nc1Nc1cccc(C)c1Br. The first-order chi connectivity index (χ1) is 8.61. The average molecular weight is 308 g/mol. The van der Waals surface area contributed by atoms with Gasteiger partial charge in [-0.05, 0) is 41.4 Å². The van der Waals surface area contributed by atoms with Crippen molar-refractivity contribution >= 4 is 33.4 Å². The maximum Gasteiger partial charge on any atom is 0.239 e. The molecule has 0 aliphatic carbocycles. The summed E-state index contributed by atoms with van der Waals surface area (Å²) < 4.78 is 1.02. The summed E-state index contributed by atoms with van der Waals surface area (Å²) >= 11 is 3.55. The van der Waals surface area contributed by atoms with Crippen LogP contribution < -0.4 is 16.6 Å². The third-order valence-corrected chi connectivity index (χ3v) is 3.60. The summed E-state index contributed by atoms with van der Waals surface area (Å²) in [5, 5.41) is 3.26.